The van der Waals surface area contributed by atoms with Gasteiger partial charge in [-0.15, -0.1) is 10.2 Å². The molecule has 5 nitrogen and oxygen atoms in total. The summed E-state index contributed by atoms with van der Waals surface area (Å²) in [4.78, 5) is 3.95. The smallest absolute Gasteiger partial charge is 0.166 e. The van der Waals surface area contributed by atoms with Gasteiger partial charge in [0.2, 0.25) is 0 Å². The standard InChI is InChI=1S/C22H23OS.ClHO4/c1-22(2,3)23-18-14-16-21(17-15-18)24(19-10-6-4-7-11-19)20-12-8-5-9-13-20;2-1(3,4)5/h4-17H,1-3H3;(H,2,3,4,5)/q+1;/p-1. The fourth-order valence-electron chi connectivity index (χ4n) is 2.52. The predicted octanol–water partition coefficient (Wildman–Crippen LogP) is 1.20. The Morgan fingerprint density at radius 2 is 0.966 bits per heavy atom. The summed E-state index contributed by atoms with van der Waals surface area (Å²) in [7, 11) is -5.05. The molecule has 3 rings (SSSR count). The van der Waals surface area contributed by atoms with E-state index in [0.717, 1.165) is 5.75 Å². The molecule has 29 heavy (non-hydrogen) atoms. The van der Waals surface area contributed by atoms with Crippen molar-refractivity contribution in [3.8, 4) is 5.75 Å². The Balaban J connectivity index is 0.000000537. The molecule has 0 saturated carbocycles. The van der Waals surface area contributed by atoms with E-state index in [-0.39, 0.29) is 16.5 Å². The first-order valence-electron chi connectivity index (χ1n) is 8.78. The molecule has 0 aliphatic carbocycles. The SMILES string of the molecule is CC(C)(C)Oc1ccc([S+](c2ccccc2)c2ccccc2)cc1.[O-][Cl+3]([O-])([O-])[O-]. The van der Waals surface area contributed by atoms with E-state index < -0.39 is 10.2 Å². The molecule has 154 valence electrons. The number of benzene rings is 3. The summed E-state index contributed by atoms with van der Waals surface area (Å²) in [5.74, 6) is 0.913. The fourth-order valence-corrected chi connectivity index (χ4v) is 4.60. The van der Waals surface area contributed by atoms with E-state index in [9.17, 15) is 0 Å². The van der Waals surface area contributed by atoms with Gasteiger partial charge in [0.1, 0.15) is 11.4 Å². The van der Waals surface area contributed by atoms with Gasteiger partial charge in [0.05, 0.1) is 10.9 Å². The molecule has 0 atom stereocenters. The monoisotopic (exact) mass is 434 g/mol. The number of hydrogen-bond acceptors (Lipinski definition) is 5. The van der Waals surface area contributed by atoms with Crippen LogP contribution < -0.4 is 23.4 Å². The first kappa shape index (κ1) is 23.2. The topological polar surface area (TPSA) is 101 Å². The van der Waals surface area contributed by atoms with Gasteiger partial charge in [-0.25, -0.2) is 18.6 Å². The van der Waals surface area contributed by atoms with Gasteiger partial charge in [0, 0.05) is 0 Å². The van der Waals surface area contributed by atoms with Crippen LogP contribution in [0.5, 0.6) is 5.75 Å². The molecule has 0 aromatic heterocycles. The lowest BCUT2D eigenvalue weighted by molar-refractivity contribution is -2.00. The normalized spacial score (nSPS) is 11.6. The van der Waals surface area contributed by atoms with E-state index >= 15 is 0 Å². The van der Waals surface area contributed by atoms with Gasteiger partial charge in [0.25, 0.3) is 0 Å². The molecule has 0 bridgehead atoms. The molecule has 7 heteroatoms. The van der Waals surface area contributed by atoms with Crippen LogP contribution in [0.2, 0.25) is 0 Å². The molecule has 0 fully saturated rings. The van der Waals surface area contributed by atoms with Crippen molar-refractivity contribution < 1.29 is 33.6 Å². The van der Waals surface area contributed by atoms with E-state index in [2.05, 4.69) is 106 Å². The second-order valence-electron chi connectivity index (χ2n) is 7.00. The first-order valence-corrected chi connectivity index (χ1v) is 11.2. The van der Waals surface area contributed by atoms with Crippen LogP contribution in [0.3, 0.4) is 0 Å². The number of hydrogen-bond donors (Lipinski definition) is 0. The lowest BCUT2D eigenvalue weighted by Crippen LogP contribution is -2.68. The maximum Gasteiger partial charge on any atom is 0.166 e. The van der Waals surface area contributed by atoms with Crippen molar-refractivity contribution in [1.82, 2.24) is 0 Å². The molecule has 3 aromatic carbocycles. The summed E-state index contributed by atoms with van der Waals surface area (Å²) in [5, 5.41) is 0. The second kappa shape index (κ2) is 10.1. The lowest BCUT2D eigenvalue weighted by atomic mass is 10.2. The Bertz CT molecular complexity index is 814. The predicted molar refractivity (Wildman–Crippen MR) is 102 cm³/mol. The van der Waals surface area contributed by atoms with Crippen LogP contribution in [0.4, 0.5) is 0 Å². The van der Waals surface area contributed by atoms with Gasteiger partial charge in [-0.05, 0) is 69.3 Å². The van der Waals surface area contributed by atoms with Gasteiger partial charge >= 0.3 is 0 Å². The Labute approximate surface area is 176 Å². The minimum atomic E-state index is -4.94. The Morgan fingerprint density at radius 1 is 0.621 bits per heavy atom. The molecule has 0 spiro atoms. The van der Waals surface area contributed by atoms with Crippen molar-refractivity contribution in [1.29, 1.82) is 0 Å². The van der Waals surface area contributed by atoms with Crippen LogP contribution in [-0.4, -0.2) is 5.60 Å². The van der Waals surface area contributed by atoms with Gasteiger partial charge in [-0.1, -0.05) is 36.4 Å². The highest BCUT2D eigenvalue weighted by Gasteiger charge is 2.28. The average molecular weight is 435 g/mol. The van der Waals surface area contributed by atoms with Crippen molar-refractivity contribution in [3.63, 3.8) is 0 Å². The van der Waals surface area contributed by atoms with Gasteiger partial charge in [-0.3, -0.25) is 0 Å². The van der Waals surface area contributed by atoms with Crippen LogP contribution in [0.25, 0.3) is 0 Å². The summed E-state index contributed by atoms with van der Waals surface area (Å²) in [5.41, 5.74) is -0.179. The summed E-state index contributed by atoms with van der Waals surface area (Å²) in [6.45, 7) is 6.21. The molecule has 0 unspecified atom stereocenters. The molecule has 0 amide bonds. The fraction of sp³-hybridized carbons (Fsp3) is 0.182. The zero-order valence-corrected chi connectivity index (χ0v) is 18.0. The van der Waals surface area contributed by atoms with Crippen molar-refractivity contribution >= 4 is 10.9 Å². The summed E-state index contributed by atoms with van der Waals surface area (Å²) in [6, 6.07) is 29.9. The summed E-state index contributed by atoms with van der Waals surface area (Å²) < 4.78 is 39.9. The minimum absolute atomic E-state index is 0.102. The maximum atomic E-state index is 8.49. The molecule has 0 aliphatic rings. The highest BCUT2D eigenvalue weighted by molar-refractivity contribution is 7.97. The minimum Gasteiger partial charge on any atom is -0.488 e. The number of ether oxygens (including phenoxy) is 1. The lowest BCUT2D eigenvalue weighted by Gasteiger charge is -2.21. The van der Waals surface area contributed by atoms with Crippen LogP contribution in [0, 0.1) is 10.2 Å². The van der Waals surface area contributed by atoms with Crippen molar-refractivity contribution in [2.75, 3.05) is 0 Å². The van der Waals surface area contributed by atoms with Crippen molar-refractivity contribution in [3.05, 3.63) is 84.9 Å². The molecule has 0 radical (unpaired) electrons. The van der Waals surface area contributed by atoms with E-state index in [1.807, 2.05) is 0 Å². The van der Waals surface area contributed by atoms with E-state index in [4.69, 9.17) is 23.4 Å². The van der Waals surface area contributed by atoms with Crippen molar-refractivity contribution in [2.24, 2.45) is 0 Å². The highest BCUT2D eigenvalue weighted by atomic mass is 35.7. The Morgan fingerprint density at radius 3 is 1.31 bits per heavy atom. The third-order valence-electron chi connectivity index (χ3n) is 3.44. The third-order valence-corrected chi connectivity index (χ3v) is 5.67. The molecular formula is C22H23ClO5S. The van der Waals surface area contributed by atoms with Gasteiger partial charge < -0.3 is 4.74 Å². The van der Waals surface area contributed by atoms with Crippen LogP contribution in [-0.2, 0) is 10.9 Å². The van der Waals surface area contributed by atoms with Crippen LogP contribution >= 0.6 is 0 Å². The molecule has 0 saturated heterocycles. The second-order valence-corrected chi connectivity index (χ2v) is 9.78. The quantitative estimate of drug-likeness (QED) is 0.574. The molecule has 0 aliphatic heterocycles. The molecular weight excluding hydrogens is 412 g/mol. The van der Waals surface area contributed by atoms with Gasteiger partial charge in [-0.2, -0.15) is 0 Å². The molecule has 0 N–H and O–H groups in total. The zero-order chi connectivity index (χ0) is 21.5. The van der Waals surface area contributed by atoms with Gasteiger partial charge in [0.15, 0.2) is 14.7 Å². The molecule has 0 heterocycles. The highest BCUT2D eigenvalue weighted by Crippen LogP contribution is 2.32. The van der Waals surface area contributed by atoms with E-state index in [1.165, 1.54) is 14.7 Å². The van der Waals surface area contributed by atoms with Crippen molar-refractivity contribution in [2.45, 2.75) is 41.1 Å². The third kappa shape index (κ3) is 8.87. The number of halogens is 1. The summed E-state index contributed by atoms with van der Waals surface area (Å²) in [6.07, 6.45) is 0. The maximum absolute atomic E-state index is 8.49. The van der Waals surface area contributed by atoms with Crippen LogP contribution in [0.15, 0.2) is 99.6 Å². The largest absolute Gasteiger partial charge is 0.488 e. The number of rotatable bonds is 4. The Kier molecular flexibility index (Phi) is 8.10. The average Bonchev–Trinajstić information content (AvgIpc) is 2.63. The molecule has 3 aromatic rings. The Hall–Kier alpha value is -2.06. The van der Waals surface area contributed by atoms with E-state index in [1.54, 1.807) is 0 Å². The van der Waals surface area contributed by atoms with E-state index in [0.29, 0.717) is 0 Å². The zero-order valence-electron chi connectivity index (χ0n) is 16.4. The van der Waals surface area contributed by atoms with Crippen LogP contribution in [0.1, 0.15) is 20.8 Å². The first-order chi connectivity index (χ1) is 13.5. The summed E-state index contributed by atoms with van der Waals surface area (Å²) >= 11 is 0.